The maximum atomic E-state index is 5.78. The van der Waals surface area contributed by atoms with Crippen molar-refractivity contribution < 1.29 is 0 Å². The van der Waals surface area contributed by atoms with Crippen LogP contribution in [0.2, 0.25) is 0 Å². The van der Waals surface area contributed by atoms with E-state index in [2.05, 4.69) is 28.9 Å². The van der Waals surface area contributed by atoms with E-state index < -0.39 is 0 Å². The molecular formula is C15H24N4. The van der Waals surface area contributed by atoms with E-state index in [0.29, 0.717) is 6.54 Å². The summed E-state index contributed by atoms with van der Waals surface area (Å²) in [4.78, 5) is 9.83. The fourth-order valence-electron chi connectivity index (χ4n) is 3.42. The molecule has 0 radical (unpaired) electrons. The van der Waals surface area contributed by atoms with Crippen LogP contribution in [0.4, 0.5) is 5.82 Å². The summed E-state index contributed by atoms with van der Waals surface area (Å²) in [6.45, 7) is 7.43. The van der Waals surface area contributed by atoms with E-state index in [1.807, 2.05) is 0 Å². The largest absolute Gasteiger partial charge is 0.355 e. The van der Waals surface area contributed by atoms with Gasteiger partial charge in [0.05, 0.1) is 0 Å². The Hall–Kier alpha value is -1.13. The molecule has 0 saturated carbocycles. The Balaban J connectivity index is 1.82. The molecule has 0 amide bonds. The van der Waals surface area contributed by atoms with Gasteiger partial charge in [0.2, 0.25) is 0 Å². The van der Waals surface area contributed by atoms with Crippen molar-refractivity contribution in [2.24, 2.45) is 5.73 Å². The second kappa shape index (κ2) is 5.47. The van der Waals surface area contributed by atoms with Gasteiger partial charge in [-0.15, -0.1) is 0 Å². The Labute approximate surface area is 115 Å². The maximum Gasteiger partial charge on any atom is 0.129 e. The molecule has 1 aromatic heterocycles. The first-order valence-corrected chi connectivity index (χ1v) is 7.43. The van der Waals surface area contributed by atoms with E-state index in [1.165, 1.54) is 37.9 Å². The summed E-state index contributed by atoms with van der Waals surface area (Å²) in [5, 5.41) is 0. The average Bonchev–Trinajstić information content (AvgIpc) is 2.75. The number of anilines is 1. The molecule has 2 N–H and O–H groups in total. The second-order valence-electron chi connectivity index (χ2n) is 5.81. The van der Waals surface area contributed by atoms with Crippen molar-refractivity contribution >= 4 is 5.82 Å². The molecule has 2 saturated heterocycles. The molecule has 0 spiro atoms. The summed E-state index contributed by atoms with van der Waals surface area (Å²) in [7, 11) is 0. The molecule has 19 heavy (non-hydrogen) atoms. The van der Waals surface area contributed by atoms with Gasteiger partial charge in [-0.1, -0.05) is 0 Å². The minimum atomic E-state index is 0.597. The molecule has 1 unspecified atom stereocenters. The van der Waals surface area contributed by atoms with Gasteiger partial charge in [-0.3, -0.25) is 4.90 Å². The zero-order chi connectivity index (χ0) is 13.2. The van der Waals surface area contributed by atoms with Gasteiger partial charge < -0.3 is 10.6 Å². The highest BCUT2D eigenvalue weighted by Gasteiger charge is 2.29. The van der Waals surface area contributed by atoms with Crippen molar-refractivity contribution in [1.82, 2.24) is 9.88 Å². The van der Waals surface area contributed by atoms with Crippen molar-refractivity contribution in [1.29, 1.82) is 0 Å². The molecule has 3 heterocycles. The number of fused-ring (bicyclic) bond motifs is 1. The molecule has 2 aliphatic heterocycles. The van der Waals surface area contributed by atoms with Crippen molar-refractivity contribution in [3.63, 3.8) is 0 Å². The number of pyridine rings is 1. The summed E-state index contributed by atoms with van der Waals surface area (Å²) in [5.41, 5.74) is 8.04. The van der Waals surface area contributed by atoms with Crippen molar-refractivity contribution in [2.75, 3.05) is 31.1 Å². The Bertz CT molecular complexity index is 446. The van der Waals surface area contributed by atoms with Crippen LogP contribution in [0.3, 0.4) is 0 Å². The zero-order valence-electron chi connectivity index (χ0n) is 11.8. The van der Waals surface area contributed by atoms with E-state index >= 15 is 0 Å². The van der Waals surface area contributed by atoms with Gasteiger partial charge in [0.1, 0.15) is 5.82 Å². The Morgan fingerprint density at radius 2 is 2.11 bits per heavy atom. The zero-order valence-corrected chi connectivity index (χ0v) is 11.8. The van der Waals surface area contributed by atoms with Crippen LogP contribution < -0.4 is 10.6 Å². The number of aromatic nitrogens is 1. The quantitative estimate of drug-likeness (QED) is 0.876. The minimum Gasteiger partial charge on any atom is -0.355 e. The lowest BCUT2D eigenvalue weighted by molar-refractivity contribution is 0.273. The molecule has 1 atom stereocenters. The number of aryl methyl sites for hydroxylation is 1. The van der Waals surface area contributed by atoms with Crippen LogP contribution in [0.5, 0.6) is 0 Å². The van der Waals surface area contributed by atoms with Gasteiger partial charge in [-0.2, -0.15) is 0 Å². The third-order valence-corrected chi connectivity index (χ3v) is 4.36. The van der Waals surface area contributed by atoms with E-state index in [1.54, 1.807) is 0 Å². The Morgan fingerprint density at radius 1 is 1.26 bits per heavy atom. The number of rotatable bonds is 2. The molecule has 0 bridgehead atoms. The molecule has 4 heteroatoms. The Morgan fingerprint density at radius 3 is 2.95 bits per heavy atom. The molecule has 2 fully saturated rings. The molecule has 104 valence electrons. The monoisotopic (exact) mass is 260 g/mol. The molecule has 3 rings (SSSR count). The summed E-state index contributed by atoms with van der Waals surface area (Å²) in [6.07, 6.45) is 3.93. The molecule has 0 aromatic carbocycles. The number of nitrogens with zero attached hydrogens (tertiary/aromatic N) is 3. The van der Waals surface area contributed by atoms with Crippen molar-refractivity contribution in [2.45, 2.75) is 38.8 Å². The van der Waals surface area contributed by atoms with Gasteiger partial charge in [0.15, 0.2) is 0 Å². The van der Waals surface area contributed by atoms with Crippen molar-refractivity contribution in [3.05, 3.63) is 23.4 Å². The smallest absolute Gasteiger partial charge is 0.129 e. The summed E-state index contributed by atoms with van der Waals surface area (Å²) < 4.78 is 0. The van der Waals surface area contributed by atoms with E-state index in [9.17, 15) is 0 Å². The lowest BCUT2D eigenvalue weighted by Gasteiger charge is -2.27. The van der Waals surface area contributed by atoms with Crippen LogP contribution in [0.15, 0.2) is 12.1 Å². The highest BCUT2D eigenvalue weighted by Crippen LogP contribution is 2.24. The summed E-state index contributed by atoms with van der Waals surface area (Å²) in [6, 6.07) is 4.98. The predicted octanol–water partition coefficient (Wildman–Crippen LogP) is 1.52. The van der Waals surface area contributed by atoms with Gasteiger partial charge in [-0.25, -0.2) is 4.98 Å². The number of nitrogens with two attached hydrogens (primary N) is 1. The fraction of sp³-hybridized carbons (Fsp3) is 0.667. The van der Waals surface area contributed by atoms with Crippen LogP contribution in [-0.4, -0.2) is 42.1 Å². The first-order chi connectivity index (χ1) is 9.26. The van der Waals surface area contributed by atoms with Crippen LogP contribution >= 0.6 is 0 Å². The molecular weight excluding hydrogens is 236 g/mol. The van der Waals surface area contributed by atoms with Gasteiger partial charge in [0.25, 0.3) is 0 Å². The predicted molar refractivity (Wildman–Crippen MR) is 78.3 cm³/mol. The van der Waals surface area contributed by atoms with Gasteiger partial charge in [0, 0.05) is 37.9 Å². The van der Waals surface area contributed by atoms with E-state index in [4.69, 9.17) is 10.7 Å². The van der Waals surface area contributed by atoms with Crippen LogP contribution in [0.1, 0.15) is 30.5 Å². The number of hydrogen-bond acceptors (Lipinski definition) is 4. The first kappa shape index (κ1) is 12.9. The standard InChI is InChI=1S/C15H24N4/c1-12-8-13(10-16)9-15(17-12)19-7-3-6-18-5-2-4-14(18)11-19/h8-9,14H,2-7,10-11,16H2,1H3. The van der Waals surface area contributed by atoms with Crippen LogP contribution in [0.25, 0.3) is 0 Å². The lowest BCUT2D eigenvalue weighted by atomic mass is 10.2. The third kappa shape index (κ3) is 2.74. The fourth-order valence-corrected chi connectivity index (χ4v) is 3.42. The molecule has 4 nitrogen and oxygen atoms in total. The normalized spacial score (nSPS) is 24.3. The van der Waals surface area contributed by atoms with Crippen molar-refractivity contribution in [3.8, 4) is 0 Å². The van der Waals surface area contributed by atoms with Crippen LogP contribution in [-0.2, 0) is 6.54 Å². The average molecular weight is 260 g/mol. The number of hydrogen-bond donors (Lipinski definition) is 1. The molecule has 2 aliphatic rings. The highest BCUT2D eigenvalue weighted by molar-refractivity contribution is 5.43. The maximum absolute atomic E-state index is 5.78. The SMILES string of the molecule is Cc1cc(CN)cc(N2CCCN3CCCC3C2)n1. The molecule has 1 aromatic rings. The summed E-state index contributed by atoms with van der Waals surface area (Å²) in [5.74, 6) is 1.12. The van der Waals surface area contributed by atoms with E-state index in [0.717, 1.165) is 30.6 Å². The first-order valence-electron chi connectivity index (χ1n) is 7.43. The van der Waals surface area contributed by atoms with Gasteiger partial charge >= 0.3 is 0 Å². The minimum absolute atomic E-state index is 0.597. The second-order valence-corrected chi connectivity index (χ2v) is 5.81. The topological polar surface area (TPSA) is 45.4 Å². The molecule has 0 aliphatic carbocycles. The summed E-state index contributed by atoms with van der Waals surface area (Å²) >= 11 is 0. The highest BCUT2D eigenvalue weighted by atomic mass is 15.3. The van der Waals surface area contributed by atoms with Gasteiger partial charge in [-0.05, 0) is 50.4 Å². The third-order valence-electron chi connectivity index (χ3n) is 4.36. The van der Waals surface area contributed by atoms with E-state index in [-0.39, 0.29) is 0 Å². The van der Waals surface area contributed by atoms with Crippen LogP contribution in [0, 0.1) is 6.92 Å². The lowest BCUT2D eigenvalue weighted by Crippen LogP contribution is -2.37. The Kier molecular flexibility index (Phi) is 3.71.